The number of hydrogen-bond donors (Lipinski definition) is 0. The Morgan fingerprint density at radius 1 is 0.935 bits per heavy atom. The summed E-state index contributed by atoms with van der Waals surface area (Å²) in [4.78, 5) is 10.9. The molecule has 1 saturated heterocycles. The van der Waals surface area contributed by atoms with Gasteiger partial charge in [0.2, 0.25) is 0 Å². The molecule has 0 spiro atoms. The number of ether oxygens (including phenoxy) is 3. The van der Waals surface area contributed by atoms with Crippen molar-refractivity contribution in [2.75, 3.05) is 46.6 Å². The highest BCUT2D eigenvalue weighted by Crippen LogP contribution is 2.40. The van der Waals surface area contributed by atoms with Crippen molar-refractivity contribution in [2.24, 2.45) is 0 Å². The molecule has 3 heterocycles. The third kappa shape index (κ3) is 6.95. The fourth-order valence-electron chi connectivity index (χ4n) is 5.34. The van der Waals surface area contributed by atoms with Crippen LogP contribution in [0.4, 0.5) is 22.0 Å². The summed E-state index contributed by atoms with van der Waals surface area (Å²) in [7, 11) is 1.32. The molecular weight excluding hydrogens is 609 g/mol. The van der Waals surface area contributed by atoms with Gasteiger partial charge in [0.15, 0.2) is 17.5 Å². The highest BCUT2D eigenvalue weighted by molar-refractivity contribution is 5.71. The maximum Gasteiger partial charge on any atom is 0.417 e. The van der Waals surface area contributed by atoms with E-state index in [9.17, 15) is 22.0 Å². The van der Waals surface area contributed by atoms with E-state index >= 15 is 0 Å². The number of morpholine rings is 1. The van der Waals surface area contributed by atoms with Gasteiger partial charge in [0, 0.05) is 25.2 Å². The van der Waals surface area contributed by atoms with Gasteiger partial charge < -0.3 is 14.2 Å². The lowest BCUT2D eigenvalue weighted by atomic mass is 9.97. The van der Waals surface area contributed by atoms with Crippen LogP contribution in [-0.4, -0.2) is 71.2 Å². The summed E-state index contributed by atoms with van der Waals surface area (Å²) in [5, 5.41) is 4.40. The minimum absolute atomic E-state index is 0.00520. The van der Waals surface area contributed by atoms with E-state index in [4.69, 9.17) is 14.2 Å². The Bertz CT molecular complexity index is 1790. The third-order valence-corrected chi connectivity index (χ3v) is 7.73. The average Bonchev–Trinajstić information content (AvgIpc) is 3.48. The molecule has 1 fully saturated rings. The Balaban J connectivity index is 1.30. The first kappa shape index (κ1) is 31.4. The molecule has 0 saturated carbocycles. The van der Waals surface area contributed by atoms with Gasteiger partial charge in [-0.2, -0.15) is 18.3 Å². The second-order valence-corrected chi connectivity index (χ2v) is 10.8. The third-order valence-electron chi connectivity index (χ3n) is 7.73. The van der Waals surface area contributed by atoms with Gasteiger partial charge in [-0.1, -0.05) is 24.3 Å². The normalized spacial score (nSPS) is 14.1. The molecule has 0 bridgehead atoms. The Hall–Kier alpha value is -4.62. The van der Waals surface area contributed by atoms with E-state index in [0.29, 0.717) is 54.5 Å². The fraction of sp³-hybridized carbons (Fsp3) is 0.303. The quantitative estimate of drug-likeness (QED) is 0.127. The van der Waals surface area contributed by atoms with Crippen molar-refractivity contribution in [2.45, 2.75) is 19.1 Å². The van der Waals surface area contributed by atoms with E-state index in [-0.39, 0.29) is 29.2 Å². The molecule has 0 amide bonds. The van der Waals surface area contributed by atoms with E-state index in [0.717, 1.165) is 31.8 Å². The summed E-state index contributed by atoms with van der Waals surface area (Å²) in [5.41, 5.74) is 0.913. The number of nitrogens with zero attached hydrogens (tertiary/aromatic N) is 5. The Morgan fingerprint density at radius 3 is 2.52 bits per heavy atom. The maximum atomic E-state index is 14.4. The number of aromatic nitrogens is 4. The van der Waals surface area contributed by atoms with Crippen LogP contribution in [0, 0.1) is 11.6 Å². The molecular formula is C33H30F5N5O3. The zero-order valence-corrected chi connectivity index (χ0v) is 24.9. The molecule has 0 aromatic heterocycles. The first-order valence-corrected chi connectivity index (χ1v) is 14.7. The molecule has 6 rings (SSSR count). The monoisotopic (exact) mass is 639 g/mol. The molecule has 0 unspecified atom stereocenters. The van der Waals surface area contributed by atoms with Crippen molar-refractivity contribution in [3.8, 4) is 45.4 Å². The second kappa shape index (κ2) is 13.4. The Kier molecular flexibility index (Phi) is 9.13. The molecule has 8 nitrogen and oxygen atoms in total. The molecule has 3 aromatic rings. The number of methoxy groups -OCH3 is 1. The zero-order valence-electron chi connectivity index (χ0n) is 24.9. The van der Waals surface area contributed by atoms with E-state index in [1.54, 1.807) is 29.1 Å². The van der Waals surface area contributed by atoms with Gasteiger partial charge in [-0.15, -0.1) is 0 Å². The van der Waals surface area contributed by atoms with E-state index in [1.165, 1.54) is 37.6 Å². The van der Waals surface area contributed by atoms with E-state index in [2.05, 4.69) is 20.0 Å². The molecule has 3 aromatic carbocycles. The summed E-state index contributed by atoms with van der Waals surface area (Å²) in [6, 6.07) is 12.6. The minimum Gasteiger partial charge on any atom is -0.497 e. The van der Waals surface area contributed by atoms with Crippen molar-refractivity contribution in [3.05, 3.63) is 89.8 Å². The first-order valence-electron chi connectivity index (χ1n) is 14.7. The zero-order chi connectivity index (χ0) is 32.3. The van der Waals surface area contributed by atoms with E-state index < -0.39 is 23.4 Å². The number of imidazole rings is 1. The minimum atomic E-state index is -4.61. The molecule has 0 atom stereocenters. The highest BCUT2D eigenvalue weighted by atomic mass is 19.4. The standard InChI is InChI=1S/C33H30F5N5O3/c1-44-23-8-9-24(26(17-23)33(36,37)38)21-6-7-22(30(16-21)46-13-3-10-42-11-14-45-15-12-42)19-43-20-29-28(18-39-43)40-32(41-29)25-4-2-5-27(34)31(25)35/h2,4-9,16-18,20H,3,10-15,19H2,1H3. The van der Waals surface area contributed by atoms with Crippen molar-refractivity contribution < 1.29 is 36.2 Å². The Morgan fingerprint density at radius 2 is 1.74 bits per heavy atom. The van der Waals surface area contributed by atoms with Gasteiger partial charge in [-0.3, -0.25) is 9.58 Å². The van der Waals surface area contributed by atoms with Gasteiger partial charge in [-0.05, 0) is 47.9 Å². The number of benzene rings is 3. The highest BCUT2D eigenvalue weighted by Gasteiger charge is 2.34. The fourth-order valence-corrected chi connectivity index (χ4v) is 5.34. The number of halogens is 5. The SMILES string of the molecule is COc1ccc(-c2ccc(Cn3cc4nc(-c5cccc(F)c5F)nc-4cn3)c(OCCCN3CCOCC3)c2)c(C(F)(F)F)c1. The van der Waals surface area contributed by atoms with Crippen LogP contribution in [0.15, 0.2) is 67.0 Å². The molecule has 13 heteroatoms. The van der Waals surface area contributed by atoms with Gasteiger partial charge >= 0.3 is 6.18 Å². The number of alkyl halides is 3. The number of rotatable bonds is 10. The van der Waals surface area contributed by atoms with Crippen LogP contribution in [0.1, 0.15) is 17.5 Å². The topological polar surface area (TPSA) is 74.5 Å². The van der Waals surface area contributed by atoms with Gasteiger partial charge in [0.1, 0.15) is 22.9 Å². The average molecular weight is 640 g/mol. The van der Waals surface area contributed by atoms with Gasteiger partial charge in [0.25, 0.3) is 0 Å². The lowest BCUT2D eigenvalue weighted by Gasteiger charge is -2.26. The predicted octanol–water partition coefficient (Wildman–Crippen LogP) is 6.57. The van der Waals surface area contributed by atoms with Crippen LogP contribution in [0.3, 0.4) is 0 Å². The molecule has 0 radical (unpaired) electrons. The molecule has 3 aliphatic heterocycles. The summed E-state index contributed by atoms with van der Waals surface area (Å²) >= 11 is 0. The van der Waals surface area contributed by atoms with Crippen LogP contribution in [-0.2, 0) is 17.5 Å². The molecule has 46 heavy (non-hydrogen) atoms. The molecule has 0 aliphatic carbocycles. The Labute approximate surface area is 261 Å². The van der Waals surface area contributed by atoms with Crippen molar-refractivity contribution in [3.63, 3.8) is 0 Å². The number of hydrogen-bond acceptors (Lipinski definition) is 7. The van der Waals surface area contributed by atoms with E-state index in [1.807, 2.05) is 0 Å². The van der Waals surface area contributed by atoms with Crippen LogP contribution >= 0.6 is 0 Å². The maximum absolute atomic E-state index is 14.4. The predicted molar refractivity (Wildman–Crippen MR) is 160 cm³/mol. The summed E-state index contributed by atoms with van der Waals surface area (Å²) in [6.45, 7) is 4.36. The summed E-state index contributed by atoms with van der Waals surface area (Å²) in [6.07, 6.45) is -0.817. The largest absolute Gasteiger partial charge is 0.497 e. The van der Waals surface area contributed by atoms with Crippen LogP contribution in [0.5, 0.6) is 11.5 Å². The first-order chi connectivity index (χ1) is 22.2. The molecule has 240 valence electrons. The van der Waals surface area contributed by atoms with Crippen LogP contribution in [0.2, 0.25) is 0 Å². The van der Waals surface area contributed by atoms with Crippen molar-refractivity contribution >= 4 is 0 Å². The summed E-state index contributed by atoms with van der Waals surface area (Å²) < 4.78 is 88.6. The van der Waals surface area contributed by atoms with Gasteiger partial charge in [0.05, 0.1) is 57.0 Å². The number of fused-ring (bicyclic) bond motifs is 1. The van der Waals surface area contributed by atoms with Gasteiger partial charge in [-0.25, -0.2) is 18.7 Å². The van der Waals surface area contributed by atoms with Crippen LogP contribution in [0.25, 0.3) is 33.9 Å². The second-order valence-electron chi connectivity index (χ2n) is 10.8. The van der Waals surface area contributed by atoms with Crippen molar-refractivity contribution in [1.29, 1.82) is 0 Å². The van der Waals surface area contributed by atoms with Crippen molar-refractivity contribution in [1.82, 2.24) is 24.6 Å². The lowest BCUT2D eigenvalue weighted by Crippen LogP contribution is -2.37. The summed E-state index contributed by atoms with van der Waals surface area (Å²) in [5.74, 6) is -1.50. The van der Waals surface area contributed by atoms with Crippen LogP contribution < -0.4 is 9.47 Å². The lowest BCUT2D eigenvalue weighted by molar-refractivity contribution is -0.137. The molecule has 3 aliphatic rings. The molecule has 0 N–H and O–H groups in total. The smallest absolute Gasteiger partial charge is 0.417 e.